The molecule has 6 nitrogen and oxygen atoms in total. The van der Waals surface area contributed by atoms with Crippen LogP contribution < -0.4 is 10.2 Å². The number of aliphatic hydroxyl groups is 1. The summed E-state index contributed by atoms with van der Waals surface area (Å²) < 4.78 is 83.4. The van der Waals surface area contributed by atoms with Gasteiger partial charge in [0, 0.05) is 39.0 Å². The van der Waals surface area contributed by atoms with Gasteiger partial charge in [0.1, 0.15) is 0 Å². The fraction of sp³-hybridized carbons (Fsp3) is 0.611. The summed E-state index contributed by atoms with van der Waals surface area (Å²) in [7, 11) is 0. The van der Waals surface area contributed by atoms with Gasteiger partial charge < -0.3 is 25.0 Å². The summed E-state index contributed by atoms with van der Waals surface area (Å²) >= 11 is 0. The van der Waals surface area contributed by atoms with E-state index in [-0.39, 0.29) is 18.8 Å². The fourth-order valence-corrected chi connectivity index (χ4v) is 3.45. The Kier molecular flexibility index (Phi) is 6.10. The summed E-state index contributed by atoms with van der Waals surface area (Å²) in [6.45, 7) is 0.807. The molecule has 12 heteroatoms. The molecule has 2 aliphatic heterocycles. The Hall–Kier alpha value is -2.21. The lowest BCUT2D eigenvalue weighted by Gasteiger charge is -2.39. The van der Waals surface area contributed by atoms with Crippen molar-refractivity contribution in [1.29, 1.82) is 0 Å². The molecular weight excluding hydrogens is 420 g/mol. The van der Waals surface area contributed by atoms with E-state index in [4.69, 9.17) is 4.74 Å². The molecule has 0 unspecified atom stereocenters. The van der Waals surface area contributed by atoms with Crippen molar-refractivity contribution < 1.29 is 41.0 Å². The molecule has 2 amide bonds. The number of nitrogens with zero attached hydrogens (tertiary/aromatic N) is 2. The van der Waals surface area contributed by atoms with Crippen molar-refractivity contribution in [1.82, 2.24) is 4.90 Å². The predicted octanol–water partition coefficient (Wildman–Crippen LogP) is 3.46. The molecule has 168 valence electrons. The smallest absolute Gasteiger partial charge is 0.380 e. The van der Waals surface area contributed by atoms with Crippen LogP contribution >= 0.6 is 0 Å². The molecule has 2 heterocycles. The second kappa shape index (κ2) is 8.14. The minimum atomic E-state index is -4.82. The van der Waals surface area contributed by atoms with E-state index >= 15 is 0 Å². The molecule has 0 bridgehead atoms. The summed E-state index contributed by atoms with van der Waals surface area (Å²) in [5.74, 6) is 0. The van der Waals surface area contributed by atoms with Gasteiger partial charge in [0.2, 0.25) is 0 Å². The minimum absolute atomic E-state index is 0.0895. The maximum Gasteiger partial charge on any atom is 0.417 e. The number of alkyl halides is 6. The molecule has 1 aromatic rings. The molecule has 2 N–H and O–H groups in total. The van der Waals surface area contributed by atoms with Gasteiger partial charge in [0.15, 0.2) is 5.60 Å². The molecular formula is C18H21F6N3O3. The van der Waals surface area contributed by atoms with Gasteiger partial charge in [0.25, 0.3) is 0 Å². The summed E-state index contributed by atoms with van der Waals surface area (Å²) in [5.41, 5.74) is -3.56. The number of benzene rings is 1. The summed E-state index contributed by atoms with van der Waals surface area (Å²) in [6.07, 6.45) is -10.9. The molecule has 3 rings (SSSR count). The highest BCUT2D eigenvalue weighted by atomic mass is 19.4. The van der Waals surface area contributed by atoms with E-state index in [2.05, 4.69) is 5.32 Å². The quantitative estimate of drug-likeness (QED) is 0.690. The number of rotatable bonds is 2. The molecule has 2 saturated heterocycles. The van der Waals surface area contributed by atoms with Crippen LogP contribution in [-0.2, 0) is 10.9 Å². The Labute approximate surface area is 168 Å². The van der Waals surface area contributed by atoms with Crippen molar-refractivity contribution >= 4 is 17.4 Å². The average molecular weight is 441 g/mol. The maximum atomic E-state index is 13.1. The van der Waals surface area contributed by atoms with Crippen LogP contribution in [0.4, 0.5) is 42.5 Å². The number of likely N-dealkylation sites (tertiary alicyclic amines) is 1. The van der Waals surface area contributed by atoms with Crippen LogP contribution in [0.25, 0.3) is 0 Å². The summed E-state index contributed by atoms with van der Waals surface area (Å²) in [4.78, 5) is 15.4. The normalized spacial score (nSPS) is 20.2. The number of anilines is 2. The van der Waals surface area contributed by atoms with Gasteiger partial charge in [0.05, 0.1) is 30.2 Å². The second-order valence-corrected chi connectivity index (χ2v) is 7.28. The van der Waals surface area contributed by atoms with Crippen LogP contribution in [0.5, 0.6) is 0 Å². The number of morpholine rings is 1. The number of nitrogens with one attached hydrogen (secondary N) is 1. The molecule has 0 atom stereocenters. The summed E-state index contributed by atoms with van der Waals surface area (Å²) in [5, 5.41) is 12.1. The Morgan fingerprint density at radius 2 is 1.63 bits per heavy atom. The van der Waals surface area contributed by atoms with Crippen molar-refractivity contribution in [2.45, 2.75) is 30.8 Å². The van der Waals surface area contributed by atoms with Crippen LogP contribution in [0, 0.1) is 0 Å². The van der Waals surface area contributed by atoms with E-state index in [1.165, 1.54) is 6.07 Å². The molecule has 0 aromatic heterocycles. The lowest BCUT2D eigenvalue weighted by atomic mass is 9.91. The van der Waals surface area contributed by atoms with Gasteiger partial charge in [-0.1, -0.05) is 0 Å². The highest BCUT2D eigenvalue weighted by Gasteiger charge is 2.55. The number of hydrogen-bond acceptors (Lipinski definition) is 4. The number of carbonyl (C=O) groups excluding carboxylic acids is 1. The number of amides is 2. The standard InChI is InChI=1S/C18H21F6N3O3/c19-17(20,21)12-1-2-14(26-7-9-30-10-8-26)13(11-12)25-15(28)27-5-3-16(29,4-6-27)18(22,23)24/h1-2,11,29H,3-10H2,(H,25,28). The third-order valence-corrected chi connectivity index (χ3v) is 5.32. The third-order valence-electron chi connectivity index (χ3n) is 5.32. The number of carbonyl (C=O) groups is 1. The molecule has 30 heavy (non-hydrogen) atoms. The van der Waals surface area contributed by atoms with Crippen LogP contribution in [0.2, 0.25) is 0 Å². The Balaban J connectivity index is 1.78. The molecule has 0 saturated carbocycles. The van der Waals surface area contributed by atoms with E-state index in [9.17, 15) is 36.2 Å². The monoisotopic (exact) mass is 441 g/mol. The van der Waals surface area contributed by atoms with Crippen molar-refractivity contribution in [3.05, 3.63) is 23.8 Å². The van der Waals surface area contributed by atoms with Crippen LogP contribution in [-0.4, -0.2) is 67.2 Å². The molecule has 0 spiro atoms. The highest BCUT2D eigenvalue weighted by Crippen LogP contribution is 2.39. The Bertz CT molecular complexity index is 769. The van der Waals surface area contributed by atoms with E-state index in [0.29, 0.717) is 32.0 Å². The number of urea groups is 1. The Morgan fingerprint density at radius 3 is 2.17 bits per heavy atom. The Morgan fingerprint density at radius 1 is 1.03 bits per heavy atom. The fourth-order valence-electron chi connectivity index (χ4n) is 3.45. The number of piperidine rings is 1. The van der Waals surface area contributed by atoms with E-state index in [1.807, 2.05) is 0 Å². The molecule has 2 aliphatic rings. The number of halogens is 6. The molecule has 1 aromatic carbocycles. The van der Waals surface area contributed by atoms with Crippen molar-refractivity contribution in [2.24, 2.45) is 0 Å². The second-order valence-electron chi connectivity index (χ2n) is 7.28. The zero-order valence-corrected chi connectivity index (χ0v) is 15.8. The largest absolute Gasteiger partial charge is 0.417 e. The van der Waals surface area contributed by atoms with Gasteiger partial charge in [-0.2, -0.15) is 26.3 Å². The van der Waals surface area contributed by atoms with Crippen molar-refractivity contribution in [3.8, 4) is 0 Å². The van der Waals surface area contributed by atoms with Crippen molar-refractivity contribution in [2.75, 3.05) is 49.6 Å². The van der Waals surface area contributed by atoms with Gasteiger partial charge in [-0.05, 0) is 18.2 Å². The minimum Gasteiger partial charge on any atom is -0.380 e. The van der Waals surface area contributed by atoms with Crippen LogP contribution in [0.15, 0.2) is 18.2 Å². The third kappa shape index (κ3) is 4.75. The lowest BCUT2D eigenvalue weighted by Crippen LogP contribution is -2.55. The van der Waals surface area contributed by atoms with Gasteiger partial charge in [-0.15, -0.1) is 0 Å². The molecule has 2 fully saturated rings. The van der Waals surface area contributed by atoms with Crippen LogP contribution in [0.1, 0.15) is 18.4 Å². The number of hydrogen-bond donors (Lipinski definition) is 2. The van der Waals surface area contributed by atoms with Crippen molar-refractivity contribution in [3.63, 3.8) is 0 Å². The average Bonchev–Trinajstić information content (AvgIpc) is 2.67. The topological polar surface area (TPSA) is 65.0 Å². The van der Waals surface area contributed by atoms with Gasteiger partial charge in [-0.25, -0.2) is 4.79 Å². The zero-order chi connectivity index (χ0) is 22.2. The van der Waals surface area contributed by atoms with E-state index < -0.39 is 42.4 Å². The van der Waals surface area contributed by atoms with Gasteiger partial charge in [-0.3, -0.25) is 0 Å². The molecule has 0 radical (unpaired) electrons. The lowest BCUT2D eigenvalue weighted by molar-refractivity contribution is -0.271. The zero-order valence-electron chi connectivity index (χ0n) is 15.8. The molecule has 0 aliphatic carbocycles. The summed E-state index contributed by atoms with van der Waals surface area (Å²) in [6, 6.07) is 2.14. The first-order chi connectivity index (χ1) is 13.9. The number of ether oxygens (including phenoxy) is 1. The van der Waals surface area contributed by atoms with E-state index in [1.54, 1.807) is 4.90 Å². The highest BCUT2D eigenvalue weighted by molar-refractivity contribution is 5.93. The SMILES string of the molecule is O=C(Nc1cc(C(F)(F)F)ccc1N1CCOCC1)N1CCC(O)(C(F)(F)F)CC1. The van der Waals surface area contributed by atoms with Crippen LogP contribution in [0.3, 0.4) is 0 Å². The first-order valence-corrected chi connectivity index (χ1v) is 9.30. The first kappa shape index (κ1) is 22.5. The van der Waals surface area contributed by atoms with E-state index in [0.717, 1.165) is 17.0 Å². The van der Waals surface area contributed by atoms with Gasteiger partial charge >= 0.3 is 18.4 Å². The maximum absolute atomic E-state index is 13.1. The first-order valence-electron chi connectivity index (χ1n) is 9.30. The predicted molar refractivity (Wildman–Crippen MR) is 95.3 cm³/mol.